The van der Waals surface area contributed by atoms with E-state index >= 15 is 0 Å². The Hall–Kier alpha value is -2.21. The van der Waals surface area contributed by atoms with Crippen molar-refractivity contribution in [2.24, 2.45) is 5.92 Å². The van der Waals surface area contributed by atoms with Gasteiger partial charge in [-0.3, -0.25) is 10.1 Å². The smallest absolute Gasteiger partial charge is 0.294 e. The Kier molecular flexibility index (Phi) is 5.02. The maximum atomic E-state index is 11.3. The van der Waals surface area contributed by atoms with E-state index in [0.29, 0.717) is 11.6 Å². The standard InChI is InChI=1S/C17H19N3O2S/c21-20(22)17-11-14(19-23-15-7-2-1-3-8-15)9-10-16(17)18-12-13-5-4-6-13/h1-3,7-11,13,18-19H,4-6,12H2. The van der Waals surface area contributed by atoms with Gasteiger partial charge in [-0.1, -0.05) is 24.6 Å². The summed E-state index contributed by atoms with van der Waals surface area (Å²) in [5.41, 5.74) is 1.43. The Morgan fingerprint density at radius 3 is 2.61 bits per heavy atom. The highest BCUT2D eigenvalue weighted by molar-refractivity contribution is 8.00. The summed E-state index contributed by atoms with van der Waals surface area (Å²) in [4.78, 5) is 12.0. The van der Waals surface area contributed by atoms with Crippen LogP contribution in [0.15, 0.2) is 53.4 Å². The fourth-order valence-electron chi connectivity index (χ4n) is 2.45. The van der Waals surface area contributed by atoms with E-state index in [-0.39, 0.29) is 10.6 Å². The molecule has 0 aliphatic heterocycles. The molecule has 0 atom stereocenters. The largest absolute Gasteiger partial charge is 0.379 e. The maximum absolute atomic E-state index is 11.3. The lowest BCUT2D eigenvalue weighted by Gasteiger charge is -2.25. The normalized spacial score (nSPS) is 14.1. The first-order chi connectivity index (χ1) is 11.2. The third-order valence-corrected chi connectivity index (χ3v) is 4.88. The number of anilines is 2. The summed E-state index contributed by atoms with van der Waals surface area (Å²) >= 11 is 1.44. The molecule has 2 aromatic carbocycles. The lowest BCUT2D eigenvalue weighted by Crippen LogP contribution is -2.21. The molecule has 120 valence electrons. The molecule has 6 heteroatoms. The van der Waals surface area contributed by atoms with Gasteiger partial charge in [0.1, 0.15) is 5.69 Å². The van der Waals surface area contributed by atoms with Crippen LogP contribution in [-0.2, 0) is 0 Å². The molecule has 0 radical (unpaired) electrons. The fraction of sp³-hybridized carbons (Fsp3) is 0.294. The molecule has 0 saturated heterocycles. The molecular weight excluding hydrogens is 310 g/mol. The molecule has 1 aliphatic carbocycles. The van der Waals surface area contributed by atoms with Crippen LogP contribution < -0.4 is 10.0 Å². The van der Waals surface area contributed by atoms with E-state index in [0.717, 1.165) is 17.1 Å². The molecule has 1 aliphatic rings. The molecule has 0 spiro atoms. The first-order valence-corrected chi connectivity index (χ1v) is 8.54. The summed E-state index contributed by atoms with van der Waals surface area (Å²) in [5.74, 6) is 0.654. The lowest BCUT2D eigenvalue weighted by molar-refractivity contribution is -0.383. The first kappa shape index (κ1) is 15.7. The topological polar surface area (TPSA) is 67.2 Å². The number of benzene rings is 2. The van der Waals surface area contributed by atoms with E-state index in [2.05, 4.69) is 10.0 Å². The van der Waals surface area contributed by atoms with Crippen LogP contribution in [0.5, 0.6) is 0 Å². The number of hydrogen-bond donors (Lipinski definition) is 2. The molecule has 0 heterocycles. The van der Waals surface area contributed by atoms with E-state index in [4.69, 9.17) is 0 Å². The van der Waals surface area contributed by atoms with Gasteiger partial charge in [0.05, 0.1) is 10.6 Å². The van der Waals surface area contributed by atoms with Crippen molar-refractivity contribution < 1.29 is 4.92 Å². The van der Waals surface area contributed by atoms with Gasteiger partial charge in [-0.05, 0) is 55.0 Å². The summed E-state index contributed by atoms with van der Waals surface area (Å²) in [6.07, 6.45) is 3.70. The summed E-state index contributed by atoms with van der Waals surface area (Å²) in [6, 6.07) is 15.1. The molecule has 0 amide bonds. The van der Waals surface area contributed by atoms with Gasteiger partial charge < -0.3 is 10.0 Å². The quantitative estimate of drug-likeness (QED) is 0.428. The van der Waals surface area contributed by atoms with Gasteiger partial charge in [-0.25, -0.2) is 0 Å². The Bertz CT molecular complexity index is 675. The van der Waals surface area contributed by atoms with Crippen LogP contribution in [0.1, 0.15) is 19.3 Å². The van der Waals surface area contributed by atoms with Crippen molar-refractivity contribution in [2.45, 2.75) is 24.2 Å². The lowest BCUT2D eigenvalue weighted by atomic mass is 9.85. The Labute approximate surface area is 139 Å². The second-order valence-corrected chi connectivity index (χ2v) is 6.56. The monoisotopic (exact) mass is 329 g/mol. The van der Waals surface area contributed by atoms with Gasteiger partial charge in [0, 0.05) is 17.5 Å². The number of nitrogens with one attached hydrogen (secondary N) is 2. The molecule has 2 N–H and O–H groups in total. The molecule has 23 heavy (non-hydrogen) atoms. The molecule has 0 unspecified atom stereocenters. The van der Waals surface area contributed by atoms with Gasteiger partial charge in [0.2, 0.25) is 0 Å². The predicted molar refractivity (Wildman–Crippen MR) is 94.8 cm³/mol. The molecule has 2 aromatic rings. The molecular formula is C17H19N3O2S. The number of nitro groups is 1. The van der Waals surface area contributed by atoms with Gasteiger partial charge in [-0.15, -0.1) is 0 Å². The third-order valence-electron chi connectivity index (χ3n) is 4.03. The minimum Gasteiger partial charge on any atom is -0.379 e. The number of hydrogen-bond acceptors (Lipinski definition) is 5. The van der Waals surface area contributed by atoms with Gasteiger partial charge in [-0.2, -0.15) is 0 Å². The zero-order valence-electron chi connectivity index (χ0n) is 12.7. The highest BCUT2D eigenvalue weighted by Gasteiger charge is 2.20. The number of rotatable bonds is 7. The van der Waals surface area contributed by atoms with E-state index in [1.807, 2.05) is 36.4 Å². The average molecular weight is 329 g/mol. The second-order valence-electron chi connectivity index (χ2n) is 5.68. The predicted octanol–water partition coefficient (Wildman–Crippen LogP) is 4.93. The Balaban J connectivity index is 1.66. The highest BCUT2D eigenvalue weighted by atomic mass is 32.2. The van der Waals surface area contributed by atoms with Crippen LogP contribution in [-0.4, -0.2) is 11.5 Å². The zero-order valence-corrected chi connectivity index (χ0v) is 13.5. The maximum Gasteiger partial charge on any atom is 0.294 e. The van der Waals surface area contributed by atoms with E-state index in [1.54, 1.807) is 12.1 Å². The van der Waals surface area contributed by atoms with Crippen LogP contribution in [0.25, 0.3) is 0 Å². The molecule has 1 saturated carbocycles. The van der Waals surface area contributed by atoms with Crippen molar-refractivity contribution in [1.29, 1.82) is 0 Å². The van der Waals surface area contributed by atoms with Crippen molar-refractivity contribution in [3.05, 3.63) is 58.6 Å². The van der Waals surface area contributed by atoms with Crippen molar-refractivity contribution in [2.75, 3.05) is 16.6 Å². The zero-order chi connectivity index (χ0) is 16.1. The second kappa shape index (κ2) is 7.37. The number of nitrogens with zero attached hydrogens (tertiary/aromatic N) is 1. The van der Waals surface area contributed by atoms with E-state index in [1.165, 1.54) is 31.2 Å². The summed E-state index contributed by atoms with van der Waals surface area (Å²) in [7, 11) is 0. The third kappa shape index (κ3) is 4.16. The van der Waals surface area contributed by atoms with E-state index in [9.17, 15) is 10.1 Å². The molecule has 0 aromatic heterocycles. The molecule has 0 bridgehead atoms. The summed E-state index contributed by atoms with van der Waals surface area (Å²) < 4.78 is 3.16. The van der Waals surface area contributed by atoms with Crippen LogP contribution >= 0.6 is 11.9 Å². The minimum atomic E-state index is -0.332. The SMILES string of the molecule is O=[N+]([O-])c1cc(NSc2ccccc2)ccc1NCC1CCC1. The first-order valence-electron chi connectivity index (χ1n) is 7.72. The highest BCUT2D eigenvalue weighted by Crippen LogP contribution is 2.32. The summed E-state index contributed by atoms with van der Waals surface area (Å²) in [6.45, 7) is 0.812. The van der Waals surface area contributed by atoms with Crippen molar-refractivity contribution in [3.8, 4) is 0 Å². The van der Waals surface area contributed by atoms with Crippen molar-refractivity contribution >= 4 is 29.0 Å². The summed E-state index contributed by atoms with van der Waals surface area (Å²) in [5, 5.41) is 14.5. The average Bonchev–Trinajstić information content (AvgIpc) is 2.53. The van der Waals surface area contributed by atoms with Crippen molar-refractivity contribution in [3.63, 3.8) is 0 Å². The van der Waals surface area contributed by atoms with Crippen LogP contribution in [0, 0.1) is 16.0 Å². The van der Waals surface area contributed by atoms with E-state index < -0.39 is 0 Å². The minimum absolute atomic E-state index is 0.114. The Morgan fingerprint density at radius 2 is 1.96 bits per heavy atom. The van der Waals surface area contributed by atoms with Gasteiger partial charge in [0.15, 0.2) is 0 Å². The molecule has 1 fully saturated rings. The molecule has 5 nitrogen and oxygen atoms in total. The Morgan fingerprint density at radius 1 is 1.17 bits per heavy atom. The van der Waals surface area contributed by atoms with Crippen LogP contribution in [0.2, 0.25) is 0 Å². The van der Waals surface area contributed by atoms with Crippen molar-refractivity contribution in [1.82, 2.24) is 0 Å². The van der Waals surface area contributed by atoms with Crippen LogP contribution in [0.4, 0.5) is 17.1 Å². The van der Waals surface area contributed by atoms with Gasteiger partial charge >= 0.3 is 0 Å². The fourth-order valence-corrected chi connectivity index (χ4v) is 3.11. The number of nitro benzene ring substituents is 1. The van der Waals surface area contributed by atoms with Crippen LogP contribution in [0.3, 0.4) is 0 Å². The van der Waals surface area contributed by atoms with Gasteiger partial charge in [0.25, 0.3) is 5.69 Å². The molecule has 3 rings (SSSR count).